The van der Waals surface area contributed by atoms with Gasteiger partial charge < -0.3 is 15.3 Å². The van der Waals surface area contributed by atoms with Gasteiger partial charge in [0.15, 0.2) is 0 Å². The standard InChI is InChI=1S/C9H7F3N2O3/c10-9(11,12)17-7-3-1-2-6(4-7)14-8(15)5-13-16/h1-5,16H,(H,14,15)/b13-5+. The highest BCUT2D eigenvalue weighted by atomic mass is 19.4. The number of oxime groups is 1. The minimum atomic E-state index is -4.80. The Kier molecular flexibility index (Phi) is 3.91. The molecule has 0 heterocycles. The van der Waals surface area contributed by atoms with Crippen molar-refractivity contribution in [3.05, 3.63) is 24.3 Å². The molecule has 8 heteroatoms. The van der Waals surface area contributed by atoms with E-state index >= 15 is 0 Å². The van der Waals surface area contributed by atoms with E-state index in [-0.39, 0.29) is 5.69 Å². The molecule has 92 valence electrons. The maximum Gasteiger partial charge on any atom is 0.573 e. The lowest BCUT2D eigenvalue weighted by atomic mass is 10.3. The summed E-state index contributed by atoms with van der Waals surface area (Å²) < 4.78 is 39.3. The molecule has 0 saturated carbocycles. The summed E-state index contributed by atoms with van der Waals surface area (Å²) in [6, 6.07) is 4.69. The van der Waals surface area contributed by atoms with E-state index in [0.29, 0.717) is 6.21 Å². The largest absolute Gasteiger partial charge is 0.573 e. The second-order valence-electron chi connectivity index (χ2n) is 2.81. The van der Waals surface area contributed by atoms with Crippen molar-refractivity contribution < 1.29 is 27.9 Å². The van der Waals surface area contributed by atoms with Crippen LogP contribution < -0.4 is 10.1 Å². The van der Waals surface area contributed by atoms with Gasteiger partial charge in [-0.25, -0.2) is 0 Å². The first kappa shape index (κ1) is 12.8. The molecule has 0 aliphatic carbocycles. The van der Waals surface area contributed by atoms with Crippen molar-refractivity contribution in [2.45, 2.75) is 6.36 Å². The number of ether oxygens (including phenoxy) is 1. The number of carbonyl (C=O) groups excluding carboxylic acids is 1. The van der Waals surface area contributed by atoms with Crippen molar-refractivity contribution in [3.8, 4) is 5.75 Å². The van der Waals surface area contributed by atoms with Crippen LogP contribution in [-0.2, 0) is 4.79 Å². The van der Waals surface area contributed by atoms with Crippen molar-refractivity contribution in [2.75, 3.05) is 5.32 Å². The summed E-state index contributed by atoms with van der Waals surface area (Å²) in [6.07, 6.45) is -4.23. The molecular formula is C9H7F3N2O3. The molecule has 0 aliphatic rings. The predicted molar refractivity (Wildman–Crippen MR) is 52.0 cm³/mol. The Morgan fingerprint density at radius 2 is 2.18 bits per heavy atom. The third kappa shape index (κ3) is 4.87. The number of hydrogen-bond acceptors (Lipinski definition) is 4. The molecule has 0 bridgehead atoms. The van der Waals surface area contributed by atoms with Crippen LogP contribution in [0.1, 0.15) is 0 Å². The van der Waals surface area contributed by atoms with Crippen LogP contribution in [0.3, 0.4) is 0 Å². The smallest absolute Gasteiger partial charge is 0.411 e. The van der Waals surface area contributed by atoms with Gasteiger partial charge in [-0.3, -0.25) is 4.79 Å². The van der Waals surface area contributed by atoms with Gasteiger partial charge in [0.05, 0.1) is 0 Å². The number of halogens is 3. The number of carbonyl (C=O) groups is 1. The molecule has 0 spiro atoms. The Morgan fingerprint density at radius 3 is 2.76 bits per heavy atom. The topological polar surface area (TPSA) is 70.9 Å². The second-order valence-corrected chi connectivity index (χ2v) is 2.81. The van der Waals surface area contributed by atoms with Crippen molar-refractivity contribution in [3.63, 3.8) is 0 Å². The van der Waals surface area contributed by atoms with Crippen LogP contribution in [0.4, 0.5) is 18.9 Å². The van der Waals surface area contributed by atoms with Crippen molar-refractivity contribution in [2.24, 2.45) is 5.16 Å². The Hall–Kier alpha value is -2.25. The number of rotatable bonds is 3. The molecule has 2 N–H and O–H groups in total. The Balaban J connectivity index is 2.76. The van der Waals surface area contributed by atoms with E-state index in [1.165, 1.54) is 12.1 Å². The highest BCUT2D eigenvalue weighted by molar-refractivity contribution is 6.31. The minimum Gasteiger partial charge on any atom is -0.411 e. The highest BCUT2D eigenvalue weighted by Gasteiger charge is 2.31. The molecule has 0 fully saturated rings. The number of hydrogen-bond donors (Lipinski definition) is 2. The monoisotopic (exact) mass is 248 g/mol. The lowest BCUT2D eigenvalue weighted by Crippen LogP contribution is -2.17. The van der Waals surface area contributed by atoms with Crippen LogP contribution in [0.15, 0.2) is 29.4 Å². The quantitative estimate of drug-likeness (QED) is 0.488. The minimum absolute atomic E-state index is 0.0802. The summed E-state index contributed by atoms with van der Waals surface area (Å²) in [5.74, 6) is -1.24. The molecule has 1 rings (SSSR count). The number of nitrogens with zero attached hydrogens (tertiary/aromatic N) is 1. The molecule has 0 aromatic heterocycles. The summed E-state index contributed by atoms with van der Waals surface area (Å²) in [7, 11) is 0. The zero-order valence-corrected chi connectivity index (χ0v) is 8.23. The zero-order chi connectivity index (χ0) is 12.9. The van der Waals surface area contributed by atoms with Crippen molar-refractivity contribution in [1.82, 2.24) is 0 Å². The SMILES string of the molecule is O=C(/C=N/O)Nc1cccc(OC(F)(F)F)c1. The van der Waals surface area contributed by atoms with E-state index < -0.39 is 18.0 Å². The fraction of sp³-hybridized carbons (Fsp3) is 0.111. The lowest BCUT2D eigenvalue weighted by Gasteiger charge is -2.09. The Morgan fingerprint density at radius 1 is 1.47 bits per heavy atom. The number of amides is 1. The summed E-state index contributed by atoms with van der Waals surface area (Å²) >= 11 is 0. The van der Waals surface area contributed by atoms with Gasteiger partial charge in [-0.2, -0.15) is 0 Å². The van der Waals surface area contributed by atoms with Gasteiger partial charge in [0.25, 0.3) is 5.91 Å². The van der Waals surface area contributed by atoms with Crippen LogP contribution in [0.2, 0.25) is 0 Å². The summed E-state index contributed by atoms with van der Waals surface area (Å²) in [5, 5.41) is 12.7. The van der Waals surface area contributed by atoms with Crippen LogP contribution in [0, 0.1) is 0 Å². The van der Waals surface area contributed by atoms with Crippen LogP contribution in [0.25, 0.3) is 0 Å². The maximum absolute atomic E-state index is 11.9. The predicted octanol–water partition coefficient (Wildman–Crippen LogP) is 1.98. The van der Waals surface area contributed by atoms with E-state index in [1.54, 1.807) is 0 Å². The average Bonchev–Trinajstić information content (AvgIpc) is 2.15. The molecule has 1 aromatic carbocycles. The molecule has 5 nitrogen and oxygen atoms in total. The molecule has 0 atom stereocenters. The molecule has 0 radical (unpaired) electrons. The lowest BCUT2D eigenvalue weighted by molar-refractivity contribution is -0.274. The fourth-order valence-corrected chi connectivity index (χ4v) is 0.998. The normalized spacial score (nSPS) is 11.5. The summed E-state index contributed by atoms with van der Waals surface area (Å²) in [4.78, 5) is 10.9. The number of alkyl halides is 3. The number of benzene rings is 1. The first-order valence-corrected chi connectivity index (χ1v) is 4.25. The van der Waals surface area contributed by atoms with E-state index in [4.69, 9.17) is 5.21 Å². The molecule has 1 aromatic rings. The first-order valence-electron chi connectivity index (χ1n) is 4.25. The number of nitrogens with one attached hydrogen (secondary N) is 1. The number of anilines is 1. The van der Waals surface area contributed by atoms with E-state index in [0.717, 1.165) is 12.1 Å². The summed E-state index contributed by atoms with van der Waals surface area (Å²) in [5.41, 5.74) is 0.0802. The molecule has 17 heavy (non-hydrogen) atoms. The third-order valence-corrected chi connectivity index (χ3v) is 1.51. The van der Waals surface area contributed by atoms with Gasteiger partial charge in [0, 0.05) is 11.8 Å². The molecule has 0 unspecified atom stereocenters. The van der Waals surface area contributed by atoms with Gasteiger partial charge in [0.2, 0.25) is 0 Å². The zero-order valence-electron chi connectivity index (χ0n) is 8.23. The van der Waals surface area contributed by atoms with Crippen molar-refractivity contribution in [1.29, 1.82) is 0 Å². The van der Waals surface area contributed by atoms with Gasteiger partial charge in [0.1, 0.15) is 12.0 Å². The van der Waals surface area contributed by atoms with Crippen LogP contribution >= 0.6 is 0 Å². The summed E-state index contributed by atoms with van der Waals surface area (Å²) in [6.45, 7) is 0. The van der Waals surface area contributed by atoms with Crippen molar-refractivity contribution >= 4 is 17.8 Å². The molecule has 1 amide bonds. The van der Waals surface area contributed by atoms with E-state index in [1.807, 2.05) is 0 Å². The van der Waals surface area contributed by atoms with Crippen LogP contribution in [-0.4, -0.2) is 23.7 Å². The fourth-order valence-electron chi connectivity index (χ4n) is 0.998. The second kappa shape index (κ2) is 5.19. The molecular weight excluding hydrogens is 241 g/mol. The van der Waals surface area contributed by atoms with Gasteiger partial charge in [-0.1, -0.05) is 11.2 Å². The Labute approximate surface area is 93.5 Å². The molecule has 0 saturated heterocycles. The van der Waals surface area contributed by atoms with E-state index in [2.05, 4.69) is 15.2 Å². The first-order chi connectivity index (χ1) is 7.90. The van der Waals surface area contributed by atoms with Gasteiger partial charge in [-0.05, 0) is 12.1 Å². The van der Waals surface area contributed by atoms with Gasteiger partial charge >= 0.3 is 6.36 Å². The molecule has 0 aliphatic heterocycles. The maximum atomic E-state index is 11.9. The third-order valence-electron chi connectivity index (χ3n) is 1.51. The van der Waals surface area contributed by atoms with Gasteiger partial charge in [-0.15, -0.1) is 13.2 Å². The highest BCUT2D eigenvalue weighted by Crippen LogP contribution is 2.24. The Bertz CT molecular complexity index is 432. The average molecular weight is 248 g/mol. The van der Waals surface area contributed by atoms with E-state index in [9.17, 15) is 18.0 Å². The van der Waals surface area contributed by atoms with Crippen LogP contribution in [0.5, 0.6) is 5.75 Å².